The van der Waals surface area contributed by atoms with Gasteiger partial charge in [-0.05, 0) is 48.9 Å². The first kappa shape index (κ1) is 18.1. The second-order valence-corrected chi connectivity index (χ2v) is 6.68. The second-order valence-electron chi connectivity index (χ2n) is 6.68. The average molecular weight is 372 g/mol. The van der Waals surface area contributed by atoms with Gasteiger partial charge in [0.2, 0.25) is 0 Å². The van der Waals surface area contributed by atoms with Gasteiger partial charge in [0.25, 0.3) is 0 Å². The lowest BCUT2D eigenvalue weighted by Crippen LogP contribution is -2.18. The van der Waals surface area contributed by atoms with Gasteiger partial charge in [-0.1, -0.05) is 30.3 Å². The van der Waals surface area contributed by atoms with E-state index < -0.39 is 0 Å². The molecular weight excluding hydrogens is 351 g/mol. The molecule has 4 rings (SSSR count). The fraction of sp³-hybridized carbons (Fsp3) is 0.130. The maximum atomic E-state index is 13.2. The van der Waals surface area contributed by atoms with Gasteiger partial charge in [0.1, 0.15) is 5.82 Å². The van der Waals surface area contributed by atoms with Crippen LogP contribution in [0.4, 0.5) is 4.39 Å². The fourth-order valence-corrected chi connectivity index (χ4v) is 3.13. The fourth-order valence-electron chi connectivity index (χ4n) is 3.13. The largest absolute Gasteiger partial charge is 0.306 e. The van der Waals surface area contributed by atoms with Crippen molar-refractivity contribution in [2.75, 3.05) is 0 Å². The average Bonchev–Trinajstić information content (AvgIpc) is 3.18. The Morgan fingerprint density at radius 3 is 2.50 bits per heavy atom. The summed E-state index contributed by atoms with van der Waals surface area (Å²) in [5.41, 5.74) is 5.00. The van der Waals surface area contributed by atoms with E-state index in [1.165, 1.54) is 12.1 Å². The Labute approximate surface area is 163 Å². The summed E-state index contributed by atoms with van der Waals surface area (Å²) in [7, 11) is 0. The third kappa shape index (κ3) is 4.00. The van der Waals surface area contributed by atoms with Crippen LogP contribution in [0.15, 0.2) is 85.3 Å². The molecule has 0 bridgehead atoms. The molecule has 1 atom stereocenters. The lowest BCUT2D eigenvalue weighted by atomic mass is 10.1. The van der Waals surface area contributed by atoms with Crippen molar-refractivity contribution in [3.63, 3.8) is 0 Å². The van der Waals surface area contributed by atoms with Crippen molar-refractivity contribution < 1.29 is 4.39 Å². The molecule has 0 saturated heterocycles. The smallest absolute Gasteiger partial charge is 0.123 e. The van der Waals surface area contributed by atoms with Crippen LogP contribution in [0, 0.1) is 5.82 Å². The first-order valence-electron chi connectivity index (χ1n) is 9.24. The molecule has 0 aliphatic rings. The topological polar surface area (TPSA) is 42.7 Å². The Morgan fingerprint density at radius 1 is 1.00 bits per heavy atom. The van der Waals surface area contributed by atoms with Gasteiger partial charge >= 0.3 is 0 Å². The minimum atomic E-state index is -0.223. The SMILES string of the molecule is C[C@H](NCc1cn(-c2ccccc2)nc1-c1cccnc1)c1ccc(F)cc1. The number of benzene rings is 2. The van der Waals surface area contributed by atoms with Gasteiger partial charge in [0.05, 0.1) is 11.4 Å². The lowest BCUT2D eigenvalue weighted by Gasteiger charge is -2.14. The summed E-state index contributed by atoms with van der Waals surface area (Å²) in [6.45, 7) is 2.70. The number of aromatic nitrogens is 3. The molecule has 0 amide bonds. The molecule has 28 heavy (non-hydrogen) atoms. The second kappa shape index (κ2) is 8.15. The van der Waals surface area contributed by atoms with Crippen molar-refractivity contribution >= 4 is 0 Å². The maximum absolute atomic E-state index is 13.2. The lowest BCUT2D eigenvalue weighted by molar-refractivity contribution is 0.571. The van der Waals surface area contributed by atoms with Gasteiger partial charge < -0.3 is 5.32 Å². The molecule has 0 aliphatic carbocycles. The predicted octanol–water partition coefficient (Wildman–Crippen LogP) is 4.92. The van der Waals surface area contributed by atoms with Gasteiger partial charge in [-0.2, -0.15) is 5.10 Å². The molecule has 2 heterocycles. The molecule has 4 aromatic rings. The maximum Gasteiger partial charge on any atom is 0.123 e. The summed E-state index contributed by atoms with van der Waals surface area (Å²) in [6, 6.07) is 20.6. The Balaban J connectivity index is 1.61. The van der Waals surface area contributed by atoms with Crippen LogP contribution >= 0.6 is 0 Å². The molecule has 0 fully saturated rings. The summed E-state index contributed by atoms with van der Waals surface area (Å²) in [5.74, 6) is -0.223. The van der Waals surface area contributed by atoms with Crippen molar-refractivity contribution in [1.82, 2.24) is 20.1 Å². The first-order valence-corrected chi connectivity index (χ1v) is 9.24. The summed E-state index contributed by atoms with van der Waals surface area (Å²) in [6.07, 6.45) is 5.62. The highest BCUT2D eigenvalue weighted by molar-refractivity contribution is 5.62. The third-order valence-electron chi connectivity index (χ3n) is 4.71. The highest BCUT2D eigenvalue weighted by Gasteiger charge is 2.14. The Kier molecular flexibility index (Phi) is 5.26. The zero-order valence-corrected chi connectivity index (χ0v) is 15.6. The number of rotatable bonds is 6. The van der Waals surface area contributed by atoms with E-state index >= 15 is 0 Å². The predicted molar refractivity (Wildman–Crippen MR) is 108 cm³/mol. The van der Waals surface area contributed by atoms with Crippen LogP contribution in [-0.2, 0) is 6.54 Å². The summed E-state index contributed by atoms with van der Waals surface area (Å²) in [5, 5.41) is 8.31. The van der Waals surface area contributed by atoms with Gasteiger partial charge in [-0.25, -0.2) is 9.07 Å². The number of pyridine rings is 1. The Hall–Kier alpha value is -3.31. The van der Waals surface area contributed by atoms with Crippen molar-refractivity contribution in [2.45, 2.75) is 19.5 Å². The molecule has 1 N–H and O–H groups in total. The molecule has 0 saturated carbocycles. The molecular formula is C23H21FN4. The number of nitrogens with zero attached hydrogens (tertiary/aromatic N) is 3. The van der Waals surface area contributed by atoms with Crippen LogP contribution in [0.2, 0.25) is 0 Å². The van der Waals surface area contributed by atoms with Gasteiger partial charge in [-0.3, -0.25) is 4.98 Å². The minimum Gasteiger partial charge on any atom is -0.306 e. The van der Waals surface area contributed by atoms with Gasteiger partial charge in [-0.15, -0.1) is 0 Å². The van der Waals surface area contributed by atoms with Crippen LogP contribution in [0.3, 0.4) is 0 Å². The van der Waals surface area contributed by atoms with E-state index in [4.69, 9.17) is 5.10 Å². The number of nitrogens with one attached hydrogen (secondary N) is 1. The van der Waals surface area contributed by atoms with Crippen molar-refractivity contribution in [3.8, 4) is 16.9 Å². The number of halogens is 1. The molecule has 2 aromatic heterocycles. The molecule has 0 spiro atoms. The highest BCUT2D eigenvalue weighted by Crippen LogP contribution is 2.24. The molecule has 0 unspecified atom stereocenters. The zero-order chi connectivity index (χ0) is 19.3. The normalized spacial score (nSPS) is 12.1. The van der Waals surface area contributed by atoms with Crippen molar-refractivity contribution in [3.05, 3.63) is 102 Å². The number of hydrogen-bond donors (Lipinski definition) is 1. The molecule has 0 radical (unpaired) electrons. The van der Waals surface area contributed by atoms with Crippen LogP contribution in [0.1, 0.15) is 24.1 Å². The third-order valence-corrected chi connectivity index (χ3v) is 4.71. The van der Waals surface area contributed by atoms with E-state index in [0.29, 0.717) is 6.54 Å². The van der Waals surface area contributed by atoms with Crippen LogP contribution in [-0.4, -0.2) is 14.8 Å². The van der Waals surface area contributed by atoms with E-state index in [1.54, 1.807) is 6.20 Å². The number of para-hydroxylation sites is 1. The van der Waals surface area contributed by atoms with E-state index in [2.05, 4.69) is 17.2 Å². The van der Waals surface area contributed by atoms with Crippen molar-refractivity contribution in [2.24, 2.45) is 0 Å². The summed E-state index contributed by atoms with van der Waals surface area (Å²) in [4.78, 5) is 4.23. The zero-order valence-electron chi connectivity index (χ0n) is 15.6. The summed E-state index contributed by atoms with van der Waals surface area (Å²) >= 11 is 0. The summed E-state index contributed by atoms with van der Waals surface area (Å²) < 4.78 is 15.1. The van der Waals surface area contributed by atoms with Gasteiger partial charge in [0, 0.05) is 42.3 Å². The standard InChI is InChI=1S/C23H21FN4/c1-17(18-9-11-21(24)12-10-18)26-15-20-16-28(22-7-3-2-4-8-22)27-23(20)19-6-5-13-25-14-19/h2-14,16-17,26H,15H2,1H3/t17-/m0/s1. The van der Waals surface area contributed by atoms with Crippen LogP contribution in [0.25, 0.3) is 16.9 Å². The van der Waals surface area contributed by atoms with Gasteiger partial charge in [0.15, 0.2) is 0 Å². The monoisotopic (exact) mass is 372 g/mol. The van der Waals surface area contributed by atoms with Crippen LogP contribution in [0.5, 0.6) is 0 Å². The van der Waals surface area contributed by atoms with E-state index in [9.17, 15) is 4.39 Å². The Bertz CT molecular complexity index is 1030. The highest BCUT2D eigenvalue weighted by atomic mass is 19.1. The molecule has 2 aromatic carbocycles. The van der Waals surface area contributed by atoms with E-state index in [1.807, 2.05) is 71.7 Å². The first-order chi connectivity index (χ1) is 13.7. The number of hydrogen-bond acceptors (Lipinski definition) is 3. The quantitative estimate of drug-likeness (QED) is 0.522. The van der Waals surface area contributed by atoms with Crippen LogP contribution < -0.4 is 5.32 Å². The molecule has 140 valence electrons. The Morgan fingerprint density at radius 2 is 1.79 bits per heavy atom. The molecule has 0 aliphatic heterocycles. The van der Waals surface area contributed by atoms with E-state index in [-0.39, 0.29) is 11.9 Å². The molecule has 5 heteroatoms. The molecule has 4 nitrogen and oxygen atoms in total. The van der Waals surface area contributed by atoms with E-state index in [0.717, 1.165) is 28.1 Å². The van der Waals surface area contributed by atoms with Crippen molar-refractivity contribution in [1.29, 1.82) is 0 Å². The minimum absolute atomic E-state index is 0.0856.